The van der Waals surface area contributed by atoms with E-state index in [1.165, 1.54) is 0 Å². The van der Waals surface area contributed by atoms with Crippen LogP contribution in [0.4, 0.5) is 0 Å². The Morgan fingerprint density at radius 1 is 1.56 bits per heavy atom. The molecule has 2 heteroatoms. The summed E-state index contributed by atoms with van der Waals surface area (Å²) < 4.78 is 0. The number of carbonyl (C=O) groups is 1. The highest BCUT2D eigenvalue weighted by Gasteiger charge is 2.14. The standard InChI is InChI=1S/C7H14OS/c1-4-6(8)7(9)5(2)3/h5,7,9H,4H2,1-3H3. The van der Waals surface area contributed by atoms with E-state index in [4.69, 9.17) is 0 Å². The maximum Gasteiger partial charge on any atom is 0.145 e. The van der Waals surface area contributed by atoms with Crippen molar-refractivity contribution in [1.29, 1.82) is 0 Å². The van der Waals surface area contributed by atoms with E-state index < -0.39 is 0 Å². The van der Waals surface area contributed by atoms with Crippen molar-refractivity contribution in [3.05, 3.63) is 0 Å². The predicted molar refractivity (Wildman–Crippen MR) is 42.9 cm³/mol. The van der Waals surface area contributed by atoms with Gasteiger partial charge in [0.25, 0.3) is 0 Å². The Labute approximate surface area is 62.2 Å². The van der Waals surface area contributed by atoms with E-state index in [9.17, 15) is 4.79 Å². The third-order valence-corrected chi connectivity index (χ3v) is 2.19. The van der Waals surface area contributed by atoms with Crippen molar-refractivity contribution < 1.29 is 4.79 Å². The fraction of sp³-hybridized carbons (Fsp3) is 0.857. The summed E-state index contributed by atoms with van der Waals surface area (Å²) in [4.78, 5) is 10.9. The molecule has 0 heterocycles. The number of carbonyl (C=O) groups excluding carboxylic acids is 1. The maximum absolute atomic E-state index is 10.9. The Bertz CT molecular complexity index is 99.1. The van der Waals surface area contributed by atoms with Gasteiger partial charge in [0.1, 0.15) is 5.78 Å². The van der Waals surface area contributed by atoms with Gasteiger partial charge in [-0.1, -0.05) is 20.8 Å². The van der Waals surface area contributed by atoms with Crippen molar-refractivity contribution >= 4 is 18.4 Å². The van der Waals surface area contributed by atoms with Crippen LogP contribution in [0.3, 0.4) is 0 Å². The average molecular weight is 146 g/mol. The zero-order valence-electron chi connectivity index (χ0n) is 6.22. The van der Waals surface area contributed by atoms with Crippen LogP contribution in [0.1, 0.15) is 27.2 Å². The van der Waals surface area contributed by atoms with Crippen LogP contribution in [0.15, 0.2) is 0 Å². The monoisotopic (exact) mass is 146 g/mol. The zero-order chi connectivity index (χ0) is 7.44. The largest absolute Gasteiger partial charge is 0.298 e. The topological polar surface area (TPSA) is 17.1 Å². The first-order chi connectivity index (χ1) is 4.09. The lowest BCUT2D eigenvalue weighted by Gasteiger charge is -2.10. The molecule has 0 saturated heterocycles. The van der Waals surface area contributed by atoms with Crippen LogP contribution in [0.2, 0.25) is 0 Å². The van der Waals surface area contributed by atoms with Gasteiger partial charge in [-0.05, 0) is 5.92 Å². The van der Waals surface area contributed by atoms with Gasteiger partial charge < -0.3 is 0 Å². The molecule has 0 radical (unpaired) electrons. The van der Waals surface area contributed by atoms with E-state index in [2.05, 4.69) is 12.6 Å². The molecule has 0 aromatic heterocycles. The molecule has 0 saturated carbocycles. The molecule has 0 N–H and O–H groups in total. The lowest BCUT2D eigenvalue weighted by molar-refractivity contribution is -0.118. The molecule has 9 heavy (non-hydrogen) atoms. The molecule has 0 bridgehead atoms. The zero-order valence-corrected chi connectivity index (χ0v) is 7.11. The third kappa shape index (κ3) is 2.89. The number of hydrogen-bond donors (Lipinski definition) is 1. The van der Waals surface area contributed by atoms with Crippen molar-refractivity contribution in [2.24, 2.45) is 5.92 Å². The number of ketones is 1. The summed E-state index contributed by atoms with van der Waals surface area (Å²) in [5.74, 6) is 0.606. The molecule has 0 aliphatic carbocycles. The maximum atomic E-state index is 10.9. The van der Waals surface area contributed by atoms with E-state index >= 15 is 0 Å². The second kappa shape index (κ2) is 3.94. The molecule has 0 aliphatic rings. The number of thiol groups is 1. The van der Waals surface area contributed by atoms with E-state index in [-0.39, 0.29) is 11.0 Å². The lowest BCUT2D eigenvalue weighted by atomic mass is 10.1. The first-order valence-electron chi connectivity index (χ1n) is 3.30. The summed E-state index contributed by atoms with van der Waals surface area (Å²) in [5.41, 5.74) is 0. The van der Waals surface area contributed by atoms with Crippen LogP contribution in [-0.4, -0.2) is 11.0 Å². The summed E-state index contributed by atoms with van der Waals surface area (Å²) in [6.45, 7) is 5.88. The second-order valence-corrected chi connectivity index (χ2v) is 3.07. The third-order valence-electron chi connectivity index (χ3n) is 1.31. The molecule has 1 unspecified atom stereocenters. The molecule has 0 fully saturated rings. The SMILES string of the molecule is CCC(=O)C(S)C(C)C. The minimum absolute atomic E-state index is 0.0602. The molecule has 0 aliphatic heterocycles. The van der Waals surface area contributed by atoms with Gasteiger partial charge in [0.2, 0.25) is 0 Å². The number of hydrogen-bond acceptors (Lipinski definition) is 2. The first kappa shape index (κ1) is 9.02. The van der Waals surface area contributed by atoms with E-state index in [1.807, 2.05) is 20.8 Å². The van der Waals surface area contributed by atoms with Crippen LogP contribution in [0.5, 0.6) is 0 Å². The van der Waals surface area contributed by atoms with Crippen molar-refractivity contribution in [3.8, 4) is 0 Å². The average Bonchev–Trinajstić information content (AvgIpc) is 1.84. The smallest absolute Gasteiger partial charge is 0.145 e. The van der Waals surface area contributed by atoms with Gasteiger partial charge in [-0.25, -0.2) is 0 Å². The van der Waals surface area contributed by atoms with Crippen molar-refractivity contribution in [3.63, 3.8) is 0 Å². The Kier molecular flexibility index (Phi) is 3.95. The summed E-state index contributed by atoms with van der Waals surface area (Å²) >= 11 is 4.15. The molecular weight excluding hydrogens is 132 g/mol. The minimum Gasteiger partial charge on any atom is -0.298 e. The molecule has 1 nitrogen and oxygen atoms in total. The van der Waals surface area contributed by atoms with Crippen LogP contribution >= 0.6 is 12.6 Å². The van der Waals surface area contributed by atoms with Gasteiger partial charge in [0.15, 0.2) is 0 Å². The first-order valence-corrected chi connectivity index (χ1v) is 3.82. The molecule has 0 spiro atoms. The highest BCUT2D eigenvalue weighted by atomic mass is 32.1. The molecule has 54 valence electrons. The van der Waals surface area contributed by atoms with Crippen molar-refractivity contribution in [1.82, 2.24) is 0 Å². The van der Waals surface area contributed by atoms with Gasteiger partial charge in [0, 0.05) is 6.42 Å². The Morgan fingerprint density at radius 2 is 2.00 bits per heavy atom. The minimum atomic E-state index is -0.0602. The molecule has 0 aromatic rings. The second-order valence-electron chi connectivity index (χ2n) is 2.51. The van der Waals surface area contributed by atoms with Gasteiger partial charge in [-0.15, -0.1) is 0 Å². The van der Waals surface area contributed by atoms with Crippen LogP contribution in [-0.2, 0) is 4.79 Å². The van der Waals surface area contributed by atoms with Gasteiger partial charge in [-0.2, -0.15) is 12.6 Å². The molecule has 0 rings (SSSR count). The fourth-order valence-corrected chi connectivity index (χ4v) is 0.763. The molecular formula is C7H14OS. The molecule has 0 amide bonds. The molecule has 0 aromatic carbocycles. The number of Topliss-reactive ketones (excluding diaryl/α,β-unsaturated/α-hetero) is 1. The quantitative estimate of drug-likeness (QED) is 0.602. The summed E-state index contributed by atoms with van der Waals surface area (Å²) in [6, 6.07) is 0. The van der Waals surface area contributed by atoms with Gasteiger partial charge in [0.05, 0.1) is 5.25 Å². The fourth-order valence-electron chi connectivity index (χ4n) is 0.581. The summed E-state index contributed by atoms with van der Waals surface area (Å²) in [7, 11) is 0. The highest BCUT2D eigenvalue weighted by molar-refractivity contribution is 7.81. The van der Waals surface area contributed by atoms with Crippen LogP contribution in [0, 0.1) is 5.92 Å². The van der Waals surface area contributed by atoms with E-state index in [0.29, 0.717) is 12.3 Å². The van der Waals surface area contributed by atoms with Gasteiger partial charge in [-0.3, -0.25) is 4.79 Å². The Balaban J connectivity index is 3.72. The van der Waals surface area contributed by atoms with E-state index in [1.54, 1.807) is 0 Å². The van der Waals surface area contributed by atoms with E-state index in [0.717, 1.165) is 0 Å². The Morgan fingerprint density at radius 3 is 2.11 bits per heavy atom. The van der Waals surface area contributed by atoms with Gasteiger partial charge >= 0.3 is 0 Å². The molecule has 1 atom stereocenters. The Hall–Kier alpha value is 0.0200. The van der Waals surface area contributed by atoms with Crippen molar-refractivity contribution in [2.75, 3.05) is 0 Å². The summed E-state index contributed by atoms with van der Waals surface area (Å²) in [6.07, 6.45) is 0.604. The van der Waals surface area contributed by atoms with Crippen LogP contribution < -0.4 is 0 Å². The normalized spacial score (nSPS) is 13.9. The predicted octanol–water partition coefficient (Wildman–Crippen LogP) is 1.92. The lowest BCUT2D eigenvalue weighted by Crippen LogP contribution is -2.19. The summed E-state index contributed by atoms with van der Waals surface area (Å²) in [5, 5.41) is -0.0602. The van der Waals surface area contributed by atoms with Crippen LogP contribution in [0.25, 0.3) is 0 Å². The van der Waals surface area contributed by atoms with Crippen molar-refractivity contribution in [2.45, 2.75) is 32.4 Å². The number of rotatable bonds is 3. The highest BCUT2D eigenvalue weighted by Crippen LogP contribution is 2.10.